The number of carbonyl (C=O) groups excluding carboxylic acids is 6. The second kappa shape index (κ2) is 19.2. The van der Waals surface area contributed by atoms with Crippen molar-refractivity contribution in [2.24, 2.45) is 17.6 Å². The minimum atomic E-state index is -0.955. The molecule has 1 fully saturated rings. The molecule has 0 aromatic heterocycles. The molecule has 0 bridgehead atoms. The van der Waals surface area contributed by atoms with Crippen molar-refractivity contribution in [3.8, 4) is 0 Å². The number of likely N-dealkylation sites (tertiary alicyclic amines) is 1. The Hall–Kier alpha value is -4.20. The molecule has 14 heteroatoms. The van der Waals surface area contributed by atoms with Crippen molar-refractivity contribution in [3.63, 3.8) is 0 Å². The molecule has 7 N–H and O–H groups in total. The zero-order chi connectivity index (χ0) is 33.4. The average Bonchev–Trinajstić information content (AvgIpc) is 3.01. The summed E-state index contributed by atoms with van der Waals surface area (Å²) in [7, 11) is 0. The van der Waals surface area contributed by atoms with Crippen LogP contribution in [-0.2, 0) is 35.3 Å². The summed E-state index contributed by atoms with van der Waals surface area (Å²) in [4.78, 5) is 76.6. The van der Waals surface area contributed by atoms with Crippen LogP contribution < -0.4 is 27.0 Å². The highest BCUT2D eigenvalue weighted by Gasteiger charge is 2.30. The number of nitrogens with two attached hydrogens (primary N) is 1. The van der Waals surface area contributed by atoms with E-state index in [-0.39, 0.29) is 49.6 Å². The fraction of sp³-hybridized carbons (Fsp3) is 0.613. The highest BCUT2D eigenvalue weighted by molar-refractivity contribution is 5.98. The lowest BCUT2D eigenvalue weighted by Gasteiger charge is -2.31. The Labute approximate surface area is 264 Å². The topological polar surface area (TPSA) is 209 Å². The highest BCUT2D eigenvalue weighted by atomic mass is 16.5. The molecule has 1 saturated heterocycles. The number of benzene rings is 1. The number of aliphatic hydroxyl groups excluding tert-OH is 1. The quantitative estimate of drug-likeness (QED) is 0.108. The second-order valence-corrected chi connectivity index (χ2v) is 11.4. The molecule has 0 unspecified atom stereocenters. The summed E-state index contributed by atoms with van der Waals surface area (Å²) in [6.45, 7) is 6.58. The third-order valence-corrected chi connectivity index (χ3v) is 7.55. The van der Waals surface area contributed by atoms with E-state index in [2.05, 4.69) is 21.3 Å². The number of hydrogen-bond donors (Lipinski definition) is 6. The van der Waals surface area contributed by atoms with E-state index >= 15 is 0 Å². The molecule has 1 aliphatic rings. The molecule has 0 radical (unpaired) electrons. The van der Waals surface area contributed by atoms with E-state index in [1.165, 1.54) is 0 Å². The molecular formula is C31H48N6O8. The van der Waals surface area contributed by atoms with Crippen molar-refractivity contribution >= 4 is 41.3 Å². The van der Waals surface area contributed by atoms with Crippen molar-refractivity contribution in [1.82, 2.24) is 20.9 Å². The number of ether oxygens (including phenoxy) is 1. The zero-order valence-electron chi connectivity index (χ0n) is 26.4. The SMILES string of the molecule is CCOC(=O)C1CCN(C(=O)CCC(=O)N[C@H](C(=O)N[C@@H](CCCCNC(N)=O)C(=O)Nc2ccc(CO)cc2)C(C)C)CC1. The van der Waals surface area contributed by atoms with Gasteiger partial charge < -0.3 is 41.7 Å². The van der Waals surface area contributed by atoms with E-state index in [4.69, 9.17) is 10.5 Å². The van der Waals surface area contributed by atoms with Crippen molar-refractivity contribution in [2.75, 3.05) is 31.6 Å². The van der Waals surface area contributed by atoms with Crippen molar-refractivity contribution in [1.29, 1.82) is 0 Å². The van der Waals surface area contributed by atoms with Gasteiger partial charge in [-0.15, -0.1) is 0 Å². The van der Waals surface area contributed by atoms with Gasteiger partial charge in [0.25, 0.3) is 0 Å². The van der Waals surface area contributed by atoms with Gasteiger partial charge in [-0.05, 0) is 62.6 Å². The van der Waals surface area contributed by atoms with Crippen LogP contribution in [0.4, 0.5) is 10.5 Å². The lowest BCUT2D eigenvalue weighted by atomic mass is 9.96. The van der Waals surface area contributed by atoms with Crippen molar-refractivity contribution in [2.45, 2.75) is 84.4 Å². The van der Waals surface area contributed by atoms with E-state index in [0.717, 1.165) is 0 Å². The monoisotopic (exact) mass is 632 g/mol. The Morgan fingerprint density at radius 2 is 1.64 bits per heavy atom. The van der Waals surface area contributed by atoms with Crippen LogP contribution in [0.25, 0.3) is 0 Å². The lowest BCUT2D eigenvalue weighted by molar-refractivity contribution is -0.151. The fourth-order valence-corrected chi connectivity index (χ4v) is 4.92. The van der Waals surface area contributed by atoms with Gasteiger partial charge in [0.2, 0.25) is 23.6 Å². The number of anilines is 1. The van der Waals surface area contributed by atoms with Gasteiger partial charge in [0, 0.05) is 38.2 Å². The van der Waals surface area contributed by atoms with Gasteiger partial charge in [-0.1, -0.05) is 26.0 Å². The first-order valence-electron chi connectivity index (χ1n) is 15.5. The van der Waals surface area contributed by atoms with Crippen molar-refractivity contribution in [3.05, 3.63) is 29.8 Å². The molecule has 0 saturated carbocycles. The minimum Gasteiger partial charge on any atom is -0.466 e. The number of unbranched alkanes of at least 4 members (excludes halogenated alkanes) is 1. The molecule has 1 heterocycles. The van der Waals surface area contributed by atoms with Crippen LogP contribution >= 0.6 is 0 Å². The Kier molecular flexibility index (Phi) is 15.8. The molecule has 1 aromatic rings. The Morgan fingerprint density at radius 3 is 2.22 bits per heavy atom. The maximum absolute atomic E-state index is 13.3. The van der Waals surface area contributed by atoms with Crippen LogP contribution in [0.5, 0.6) is 0 Å². The third kappa shape index (κ3) is 13.1. The molecule has 6 amide bonds. The summed E-state index contributed by atoms with van der Waals surface area (Å²) in [6.07, 6.45) is 2.13. The molecule has 250 valence electrons. The number of piperidine rings is 1. The Morgan fingerprint density at radius 1 is 0.978 bits per heavy atom. The largest absolute Gasteiger partial charge is 0.466 e. The number of amides is 6. The van der Waals surface area contributed by atoms with E-state index in [1.807, 2.05) is 0 Å². The van der Waals surface area contributed by atoms with E-state index in [1.54, 1.807) is 49.9 Å². The normalized spacial score (nSPS) is 14.6. The molecular weight excluding hydrogens is 584 g/mol. The van der Waals surface area contributed by atoms with Gasteiger partial charge >= 0.3 is 12.0 Å². The van der Waals surface area contributed by atoms with E-state index in [0.29, 0.717) is 63.2 Å². The predicted octanol–water partition coefficient (Wildman–Crippen LogP) is 1.16. The first-order valence-corrected chi connectivity index (χ1v) is 15.5. The number of nitrogens with one attached hydrogen (secondary N) is 4. The van der Waals surface area contributed by atoms with Gasteiger partial charge in [-0.3, -0.25) is 24.0 Å². The summed E-state index contributed by atoms with van der Waals surface area (Å²) >= 11 is 0. The van der Waals surface area contributed by atoms with Crippen LogP contribution in [0.15, 0.2) is 24.3 Å². The van der Waals surface area contributed by atoms with Gasteiger partial charge in [0.1, 0.15) is 12.1 Å². The number of aliphatic hydroxyl groups is 1. The molecule has 2 atom stereocenters. The van der Waals surface area contributed by atoms with E-state index < -0.39 is 35.8 Å². The van der Waals surface area contributed by atoms with Crippen molar-refractivity contribution < 1.29 is 38.6 Å². The minimum absolute atomic E-state index is 0.0399. The van der Waals surface area contributed by atoms with Gasteiger partial charge in [-0.2, -0.15) is 0 Å². The summed E-state index contributed by atoms with van der Waals surface area (Å²) in [5, 5.41) is 20.0. The summed E-state index contributed by atoms with van der Waals surface area (Å²) in [5.41, 5.74) is 6.26. The molecule has 2 rings (SSSR count). The summed E-state index contributed by atoms with van der Waals surface area (Å²) in [6, 6.07) is 4.06. The van der Waals surface area contributed by atoms with Crippen LogP contribution in [0.3, 0.4) is 0 Å². The smallest absolute Gasteiger partial charge is 0.312 e. The van der Waals surface area contributed by atoms with Gasteiger partial charge in [0.15, 0.2) is 0 Å². The van der Waals surface area contributed by atoms with Gasteiger partial charge in [-0.25, -0.2) is 4.79 Å². The number of primary amides is 1. The van der Waals surface area contributed by atoms with Crippen LogP contribution in [0.1, 0.15) is 71.3 Å². The first kappa shape index (κ1) is 37.0. The number of urea groups is 1. The maximum atomic E-state index is 13.3. The number of hydrogen-bond acceptors (Lipinski definition) is 8. The van der Waals surface area contributed by atoms with Crippen LogP contribution in [-0.4, -0.2) is 84.0 Å². The molecule has 1 aromatic carbocycles. The second-order valence-electron chi connectivity index (χ2n) is 11.4. The molecule has 45 heavy (non-hydrogen) atoms. The summed E-state index contributed by atoms with van der Waals surface area (Å²) in [5.74, 6) is -2.48. The number of nitrogens with zero attached hydrogens (tertiary/aromatic N) is 1. The lowest BCUT2D eigenvalue weighted by Crippen LogP contribution is -2.54. The number of esters is 1. The number of carbonyl (C=O) groups is 6. The first-order chi connectivity index (χ1) is 21.4. The van der Waals surface area contributed by atoms with Crippen LogP contribution in [0, 0.1) is 11.8 Å². The zero-order valence-corrected chi connectivity index (χ0v) is 26.4. The Balaban J connectivity index is 1.95. The standard InChI is InChI=1S/C31H48N6O8/c1-4-45-30(43)22-14-17-37(18-15-22)26(40)13-12-25(39)36-27(20(2)3)29(42)35-24(7-5-6-16-33-31(32)44)28(41)34-23-10-8-21(19-38)9-11-23/h8-11,20,22,24,27,38H,4-7,12-19H2,1-3H3,(H,34,41)(H,35,42)(H,36,39)(H3,32,33,44)/t24-,27-/m0/s1. The van der Waals surface area contributed by atoms with E-state index in [9.17, 15) is 33.9 Å². The maximum Gasteiger partial charge on any atom is 0.312 e. The third-order valence-electron chi connectivity index (χ3n) is 7.55. The fourth-order valence-electron chi connectivity index (χ4n) is 4.92. The molecule has 14 nitrogen and oxygen atoms in total. The summed E-state index contributed by atoms with van der Waals surface area (Å²) < 4.78 is 5.06. The molecule has 0 spiro atoms. The average molecular weight is 633 g/mol. The molecule has 1 aliphatic heterocycles. The number of rotatable bonds is 17. The van der Waals surface area contributed by atoms with Crippen LogP contribution in [0.2, 0.25) is 0 Å². The van der Waals surface area contributed by atoms with Gasteiger partial charge in [0.05, 0.1) is 19.1 Å². The predicted molar refractivity (Wildman–Crippen MR) is 166 cm³/mol. The highest BCUT2D eigenvalue weighted by Crippen LogP contribution is 2.20. The Bertz CT molecular complexity index is 1150. The molecule has 0 aliphatic carbocycles.